The second-order valence-electron chi connectivity index (χ2n) is 5.66. The smallest absolute Gasteiger partial charge is 0.319 e. The highest BCUT2D eigenvalue weighted by molar-refractivity contribution is 5.95. The van der Waals surface area contributed by atoms with E-state index in [0.717, 1.165) is 18.4 Å². The molecule has 1 fully saturated rings. The molecule has 2 aromatic carbocycles. The normalized spacial score (nSPS) is 15.0. The highest BCUT2D eigenvalue weighted by Crippen LogP contribution is 2.45. The first-order chi connectivity index (χ1) is 10.6. The van der Waals surface area contributed by atoms with Crippen molar-refractivity contribution in [1.82, 2.24) is 5.32 Å². The predicted molar refractivity (Wildman–Crippen MR) is 86.0 cm³/mol. The molecule has 22 heavy (non-hydrogen) atoms. The van der Waals surface area contributed by atoms with Gasteiger partial charge in [0.1, 0.15) is 0 Å². The summed E-state index contributed by atoms with van der Waals surface area (Å²) in [5, 5.41) is 5.87. The summed E-state index contributed by atoms with van der Waals surface area (Å²) in [4.78, 5) is 23.4. The van der Waals surface area contributed by atoms with Crippen molar-refractivity contribution in [2.75, 3.05) is 5.32 Å². The molecule has 0 heterocycles. The summed E-state index contributed by atoms with van der Waals surface area (Å²) in [5.41, 5.74) is 2.21. The lowest BCUT2D eigenvalue weighted by molar-refractivity contribution is 0.101. The molecule has 4 heteroatoms. The largest absolute Gasteiger partial charge is 0.328 e. The molecule has 0 unspecified atom stereocenters. The van der Waals surface area contributed by atoms with E-state index in [1.165, 1.54) is 6.92 Å². The first kappa shape index (κ1) is 14.3. The monoisotopic (exact) mass is 294 g/mol. The fourth-order valence-corrected chi connectivity index (χ4v) is 2.54. The zero-order valence-electron chi connectivity index (χ0n) is 12.4. The zero-order chi connectivity index (χ0) is 15.6. The molecule has 0 aliphatic heterocycles. The van der Waals surface area contributed by atoms with Gasteiger partial charge in [0.25, 0.3) is 0 Å². The molecule has 0 bridgehead atoms. The second-order valence-corrected chi connectivity index (χ2v) is 5.66. The lowest BCUT2D eigenvalue weighted by atomic mass is 10.1. The van der Waals surface area contributed by atoms with Crippen LogP contribution in [0.3, 0.4) is 0 Å². The standard InChI is InChI=1S/C18H18N2O2/c1-13(21)14-7-9-16(10-8-14)19-17(22)20-18(11-12-18)15-5-3-2-4-6-15/h2-10H,11-12H2,1H3,(H2,19,20,22). The number of Topliss-reactive ketones (excluding diaryl/α,β-unsaturated/α-hetero) is 1. The number of amides is 2. The van der Waals surface area contributed by atoms with Gasteiger partial charge >= 0.3 is 6.03 Å². The number of hydrogen-bond donors (Lipinski definition) is 2. The fraction of sp³-hybridized carbons (Fsp3) is 0.222. The summed E-state index contributed by atoms with van der Waals surface area (Å²) in [7, 11) is 0. The molecule has 2 N–H and O–H groups in total. The van der Waals surface area contributed by atoms with E-state index < -0.39 is 0 Å². The van der Waals surface area contributed by atoms with Crippen LogP contribution >= 0.6 is 0 Å². The predicted octanol–water partition coefficient (Wildman–Crippen LogP) is 3.70. The Labute approximate surface area is 129 Å². The molecule has 2 aromatic rings. The van der Waals surface area contributed by atoms with Crippen molar-refractivity contribution in [1.29, 1.82) is 0 Å². The SMILES string of the molecule is CC(=O)c1ccc(NC(=O)NC2(c3ccccc3)CC2)cc1. The van der Waals surface area contributed by atoms with Gasteiger partial charge in [-0.1, -0.05) is 30.3 Å². The van der Waals surface area contributed by atoms with Gasteiger partial charge in [0.05, 0.1) is 5.54 Å². The van der Waals surface area contributed by atoms with Gasteiger partial charge in [-0.3, -0.25) is 4.79 Å². The number of ketones is 1. The summed E-state index contributed by atoms with van der Waals surface area (Å²) in [6, 6.07) is 16.7. The Bertz CT molecular complexity index is 689. The van der Waals surface area contributed by atoms with Crippen molar-refractivity contribution in [2.24, 2.45) is 0 Å². The van der Waals surface area contributed by atoms with E-state index in [1.54, 1.807) is 24.3 Å². The average molecular weight is 294 g/mol. The molecule has 0 saturated heterocycles. The van der Waals surface area contributed by atoms with E-state index >= 15 is 0 Å². The van der Waals surface area contributed by atoms with E-state index in [9.17, 15) is 9.59 Å². The molecule has 2 amide bonds. The number of benzene rings is 2. The summed E-state index contributed by atoms with van der Waals surface area (Å²) in [6.07, 6.45) is 1.90. The van der Waals surface area contributed by atoms with Crippen molar-refractivity contribution in [3.63, 3.8) is 0 Å². The molecule has 0 atom stereocenters. The third-order valence-corrected chi connectivity index (χ3v) is 3.98. The minimum absolute atomic E-state index is 0.0111. The van der Waals surface area contributed by atoms with Crippen LogP contribution in [0.15, 0.2) is 54.6 Å². The molecule has 1 aliphatic carbocycles. The van der Waals surface area contributed by atoms with Gasteiger partial charge in [0, 0.05) is 11.3 Å². The summed E-state index contributed by atoms with van der Waals surface area (Å²) >= 11 is 0. The Balaban J connectivity index is 1.64. The quantitative estimate of drug-likeness (QED) is 0.845. The first-order valence-corrected chi connectivity index (χ1v) is 7.35. The van der Waals surface area contributed by atoms with Crippen LogP contribution in [0.25, 0.3) is 0 Å². The van der Waals surface area contributed by atoms with Crippen LogP contribution in [-0.2, 0) is 5.54 Å². The molecule has 1 saturated carbocycles. The van der Waals surface area contributed by atoms with Crippen LogP contribution in [0.1, 0.15) is 35.7 Å². The Morgan fingerprint density at radius 1 is 0.955 bits per heavy atom. The van der Waals surface area contributed by atoms with Crippen LogP contribution in [0.5, 0.6) is 0 Å². The third kappa shape index (κ3) is 3.01. The van der Waals surface area contributed by atoms with Crippen LogP contribution in [-0.4, -0.2) is 11.8 Å². The Morgan fingerprint density at radius 3 is 2.14 bits per heavy atom. The number of carbonyl (C=O) groups excluding carboxylic acids is 2. The summed E-state index contributed by atoms with van der Waals surface area (Å²) in [6.45, 7) is 1.52. The molecule has 1 aliphatic rings. The number of hydrogen-bond acceptors (Lipinski definition) is 2. The number of nitrogens with one attached hydrogen (secondary N) is 2. The minimum atomic E-state index is -0.231. The van der Waals surface area contributed by atoms with Crippen molar-refractivity contribution >= 4 is 17.5 Å². The maximum Gasteiger partial charge on any atom is 0.319 e. The van der Waals surface area contributed by atoms with Crippen molar-refractivity contribution in [3.8, 4) is 0 Å². The Morgan fingerprint density at radius 2 is 1.59 bits per heavy atom. The molecule has 112 valence electrons. The highest BCUT2D eigenvalue weighted by Gasteiger charge is 2.45. The van der Waals surface area contributed by atoms with Crippen LogP contribution in [0.2, 0.25) is 0 Å². The molecule has 0 spiro atoms. The van der Waals surface area contributed by atoms with Crippen molar-refractivity contribution in [2.45, 2.75) is 25.3 Å². The molecule has 0 aromatic heterocycles. The zero-order valence-corrected chi connectivity index (χ0v) is 12.4. The maximum absolute atomic E-state index is 12.2. The first-order valence-electron chi connectivity index (χ1n) is 7.35. The number of urea groups is 1. The molecule has 0 radical (unpaired) electrons. The van der Waals surface area contributed by atoms with Gasteiger partial charge in [-0.15, -0.1) is 0 Å². The van der Waals surface area contributed by atoms with Gasteiger partial charge in [-0.2, -0.15) is 0 Å². The maximum atomic E-state index is 12.2. The van der Waals surface area contributed by atoms with Crippen LogP contribution in [0, 0.1) is 0 Å². The lowest BCUT2D eigenvalue weighted by Crippen LogP contribution is -2.38. The van der Waals surface area contributed by atoms with Crippen molar-refractivity contribution < 1.29 is 9.59 Å². The topological polar surface area (TPSA) is 58.2 Å². The summed E-state index contributed by atoms with van der Waals surface area (Å²) < 4.78 is 0. The number of carbonyl (C=O) groups is 2. The van der Waals surface area contributed by atoms with Crippen molar-refractivity contribution in [3.05, 3.63) is 65.7 Å². The van der Waals surface area contributed by atoms with E-state index in [1.807, 2.05) is 30.3 Å². The lowest BCUT2D eigenvalue weighted by Gasteiger charge is -2.18. The Kier molecular flexibility index (Phi) is 3.67. The molecular weight excluding hydrogens is 276 g/mol. The average Bonchev–Trinajstić information content (AvgIpc) is 3.29. The third-order valence-electron chi connectivity index (χ3n) is 3.98. The van der Waals surface area contributed by atoms with Gasteiger partial charge in [0.15, 0.2) is 5.78 Å². The second kappa shape index (κ2) is 5.64. The minimum Gasteiger partial charge on any atom is -0.328 e. The molecular formula is C18H18N2O2. The fourth-order valence-electron chi connectivity index (χ4n) is 2.54. The van der Waals surface area contributed by atoms with Gasteiger partial charge in [-0.25, -0.2) is 4.79 Å². The summed E-state index contributed by atoms with van der Waals surface area (Å²) in [5.74, 6) is 0.0111. The molecule has 3 rings (SSSR count). The van der Waals surface area contributed by atoms with E-state index in [4.69, 9.17) is 0 Å². The van der Waals surface area contributed by atoms with E-state index in [2.05, 4.69) is 10.6 Å². The van der Waals surface area contributed by atoms with E-state index in [-0.39, 0.29) is 17.4 Å². The van der Waals surface area contributed by atoms with Crippen LogP contribution < -0.4 is 10.6 Å². The molecule has 4 nitrogen and oxygen atoms in total. The number of anilines is 1. The highest BCUT2D eigenvalue weighted by atomic mass is 16.2. The number of rotatable bonds is 4. The van der Waals surface area contributed by atoms with Gasteiger partial charge in [-0.05, 0) is 49.6 Å². The van der Waals surface area contributed by atoms with Crippen LogP contribution in [0.4, 0.5) is 10.5 Å². The van der Waals surface area contributed by atoms with Gasteiger partial charge < -0.3 is 10.6 Å². The van der Waals surface area contributed by atoms with E-state index in [0.29, 0.717) is 11.3 Å². The Hall–Kier alpha value is -2.62. The van der Waals surface area contributed by atoms with Gasteiger partial charge in [0.2, 0.25) is 0 Å².